The van der Waals surface area contributed by atoms with Crippen molar-refractivity contribution < 1.29 is 9.47 Å². The molecule has 0 aromatic heterocycles. The second-order valence-corrected chi connectivity index (χ2v) is 7.00. The van der Waals surface area contributed by atoms with E-state index < -0.39 is 0 Å². The van der Waals surface area contributed by atoms with E-state index in [0.29, 0.717) is 11.6 Å². The number of methoxy groups -OCH3 is 1. The molecule has 0 heterocycles. The lowest BCUT2D eigenvalue weighted by molar-refractivity contribution is 0.307. The van der Waals surface area contributed by atoms with Gasteiger partial charge in [0, 0.05) is 16.8 Å². The Kier molecular flexibility index (Phi) is 5.78. The Morgan fingerprint density at radius 1 is 0.897 bits per heavy atom. The standard InChI is InChI=1S/C25H20ClNO2/c1-28-23-12-10-22(11-13-23)27-16-20-15-21(26)9-14-25(20)29-17-19-7-4-6-18-5-2-3-8-24(18)19/h2-16H,17H2,1H3. The van der Waals surface area contributed by atoms with Gasteiger partial charge in [-0.25, -0.2) is 0 Å². The van der Waals surface area contributed by atoms with Crippen LogP contribution in [0.2, 0.25) is 5.02 Å². The molecule has 0 aliphatic carbocycles. The lowest BCUT2D eigenvalue weighted by atomic mass is 10.1. The van der Waals surface area contributed by atoms with Crippen LogP contribution in [0.1, 0.15) is 11.1 Å². The summed E-state index contributed by atoms with van der Waals surface area (Å²) in [5.41, 5.74) is 2.79. The van der Waals surface area contributed by atoms with Gasteiger partial charge in [0.1, 0.15) is 18.1 Å². The van der Waals surface area contributed by atoms with Crippen LogP contribution in [0, 0.1) is 0 Å². The van der Waals surface area contributed by atoms with Crippen LogP contribution in [0.3, 0.4) is 0 Å². The smallest absolute Gasteiger partial charge is 0.128 e. The fraction of sp³-hybridized carbons (Fsp3) is 0.0800. The van der Waals surface area contributed by atoms with Crippen molar-refractivity contribution in [3.8, 4) is 11.5 Å². The van der Waals surface area contributed by atoms with Crippen molar-refractivity contribution in [2.24, 2.45) is 4.99 Å². The number of hydrogen-bond acceptors (Lipinski definition) is 3. The minimum Gasteiger partial charge on any atom is -0.497 e. The van der Waals surface area contributed by atoms with Crippen LogP contribution in [0.25, 0.3) is 10.8 Å². The van der Waals surface area contributed by atoms with E-state index in [1.54, 1.807) is 13.3 Å². The van der Waals surface area contributed by atoms with Gasteiger partial charge in [0.2, 0.25) is 0 Å². The summed E-state index contributed by atoms with van der Waals surface area (Å²) in [5.74, 6) is 1.53. The molecule has 0 aliphatic rings. The Labute approximate surface area is 175 Å². The Morgan fingerprint density at radius 2 is 1.69 bits per heavy atom. The third-order valence-corrected chi connectivity index (χ3v) is 4.90. The van der Waals surface area contributed by atoms with E-state index in [-0.39, 0.29) is 0 Å². The second kappa shape index (κ2) is 8.80. The summed E-state index contributed by atoms with van der Waals surface area (Å²) >= 11 is 6.20. The number of hydrogen-bond donors (Lipinski definition) is 0. The van der Waals surface area contributed by atoms with Crippen LogP contribution in [-0.2, 0) is 6.61 Å². The van der Waals surface area contributed by atoms with Crippen LogP contribution < -0.4 is 9.47 Å². The van der Waals surface area contributed by atoms with Crippen LogP contribution >= 0.6 is 11.6 Å². The first kappa shape index (κ1) is 19.0. The first-order valence-corrected chi connectivity index (χ1v) is 9.68. The molecule has 0 radical (unpaired) electrons. The van der Waals surface area contributed by atoms with Crippen molar-refractivity contribution in [2.75, 3.05) is 7.11 Å². The average Bonchev–Trinajstić information content (AvgIpc) is 2.77. The van der Waals surface area contributed by atoms with E-state index in [2.05, 4.69) is 35.3 Å². The number of halogens is 1. The van der Waals surface area contributed by atoms with E-state index in [0.717, 1.165) is 28.3 Å². The number of ether oxygens (including phenoxy) is 2. The zero-order valence-corrected chi connectivity index (χ0v) is 16.8. The minimum atomic E-state index is 0.465. The van der Waals surface area contributed by atoms with Crippen molar-refractivity contribution in [1.29, 1.82) is 0 Å². The molecule has 4 aromatic carbocycles. The highest BCUT2D eigenvalue weighted by Crippen LogP contribution is 2.26. The van der Waals surface area contributed by atoms with E-state index in [4.69, 9.17) is 21.1 Å². The summed E-state index contributed by atoms with van der Waals surface area (Å²) < 4.78 is 11.3. The van der Waals surface area contributed by atoms with E-state index >= 15 is 0 Å². The molecule has 4 rings (SSSR count). The van der Waals surface area contributed by atoms with Gasteiger partial charge in [-0.05, 0) is 58.8 Å². The third kappa shape index (κ3) is 4.58. The van der Waals surface area contributed by atoms with Crippen molar-refractivity contribution in [3.63, 3.8) is 0 Å². The van der Waals surface area contributed by atoms with Crippen LogP contribution in [0.15, 0.2) is 89.9 Å². The van der Waals surface area contributed by atoms with Gasteiger partial charge in [-0.2, -0.15) is 0 Å². The molecule has 0 saturated heterocycles. The molecule has 4 aromatic rings. The molecule has 0 N–H and O–H groups in total. The summed E-state index contributed by atoms with van der Waals surface area (Å²) in [5, 5.41) is 3.03. The molecule has 0 spiro atoms. The molecular formula is C25H20ClNO2. The quantitative estimate of drug-likeness (QED) is 0.331. The molecule has 0 amide bonds. The van der Waals surface area contributed by atoms with Gasteiger partial charge >= 0.3 is 0 Å². The zero-order valence-electron chi connectivity index (χ0n) is 16.0. The molecule has 0 fully saturated rings. The monoisotopic (exact) mass is 401 g/mol. The lowest BCUT2D eigenvalue weighted by Gasteiger charge is -2.11. The molecule has 3 nitrogen and oxygen atoms in total. The lowest BCUT2D eigenvalue weighted by Crippen LogP contribution is -1.99. The molecule has 0 aliphatic heterocycles. The summed E-state index contributed by atoms with van der Waals surface area (Å²) in [4.78, 5) is 4.54. The maximum absolute atomic E-state index is 6.20. The summed E-state index contributed by atoms with van der Waals surface area (Å²) in [6.07, 6.45) is 1.77. The van der Waals surface area contributed by atoms with Crippen molar-refractivity contribution in [3.05, 3.63) is 101 Å². The van der Waals surface area contributed by atoms with E-state index in [1.807, 2.05) is 54.6 Å². The highest BCUT2D eigenvalue weighted by Gasteiger charge is 2.06. The predicted octanol–water partition coefficient (Wildman–Crippen LogP) is 6.83. The van der Waals surface area contributed by atoms with Gasteiger partial charge in [0.05, 0.1) is 12.8 Å². The van der Waals surface area contributed by atoms with Crippen molar-refractivity contribution >= 4 is 34.3 Å². The van der Waals surface area contributed by atoms with Gasteiger partial charge in [-0.1, -0.05) is 54.1 Å². The number of nitrogens with zero attached hydrogens (tertiary/aromatic N) is 1. The van der Waals surface area contributed by atoms with Gasteiger partial charge in [-0.15, -0.1) is 0 Å². The Balaban J connectivity index is 1.57. The largest absolute Gasteiger partial charge is 0.497 e. The van der Waals surface area contributed by atoms with E-state index in [1.165, 1.54) is 10.8 Å². The Bertz CT molecular complexity index is 1150. The maximum atomic E-state index is 6.20. The normalized spacial score (nSPS) is 11.1. The molecule has 0 bridgehead atoms. The topological polar surface area (TPSA) is 30.8 Å². The fourth-order valence-corrected chi connectivity index (χ4v) is 3.32. The van der Waals surface area contributed by atoms with Gasteiger partial charge in [-0.3, -0.25) is 4.99 Å². The van der Waals surface area contributed by atoms with E-state index in [9.17, 15) is 0 Å². The molecule has 0 unspecified atom stereocenters. The van der Waals surface area contributed by atoms with Gasteiger partial charge in [0.15, 0.2) is 0 Å². The number of benzene rings is 4. The van der Waals surface area contributed by atoms with Crippen molar-refractivity contribution in [2.45, 2.75) is 6.61 Å². The first-order valence-electron chi connectivity index (χ1n) is 9.30. The first-order chi connectivity index (χ1) is 14.2. The third-order valence-electron chi connectivity index (χ3n) is 4.66. The summed E-state index contributed by atoms with van der Waals surface area (Å²) in [6, 6.07) is 27.7. The number of aliphatic imine (C=N–C) groups is 1. The van der Waals surface area contributed by atoms with Gasteiger partial charge in [0.25, 0.3) is 0 Å². The molecule has 0 atom stereocenters. The molecule has 29 heavy (non-hydrogen) atoms. The summed E-state index contributed by atoms with van der Waals surface area (Å²) in [7, 11) is 1.64. The zero-order chi connectivity index (χ0) is 20.1. The fourth-order valence-electron chi connectivity index (χ4n) is 3.14. The Morgan fingerprint density at radius 3 is 2.52 bits per heavy atom. The highest BCUT2D eigenvalue weighted by atomic mass is 35.5. The molecular weight excluding hydrogens is 382 g/mol. The molecule has 4 heteroatoms. The van der Waals surface area contributed by atoms with Crippen LogP contribution in [0.5, 0.6) is 11.5 Å². The van der Waals surface area contributed by atoms with Crippen molar-refractivity contribution in [1.82, 2.24) is 0 Å². The molecule has 0 saturated carbocycles. The highest BCUT2D eigenvalue weighted by molar-refractivity contribution is 6.30. The number of fused-ring (bicyclic) bond motifs is 1. The molecule has 144 valence electrons. The second-order valence-electron chi connectivity index (χ2n) is 6.57. The Hall–Kier alpha value is -3.30. The SMILES string of the molecule is COc1ccc(N=Cc2cc(Cl)ccc2OCc2cccc3ccccc23)cc1. The maximum Gasteiger partial charge on any atom is 0.128 e. The van der Waals surface area contributed by atoms with Gasteiger partial charge < -0.3 is 9.47 Å². The van der Waals surface area contributed by atoms with Crippen LogP contribution in [0.4, 0.5) is 5.69 Å². The average molecular weight is 402 g/mol. The summed E-state index contributed by atoms with van der Waals surface area (Å²) in [6.45, 7) is 0.465. The minimum absolute atomic E-state index is 0.465. The number of rotatable bonds is 6. The van der Waals surface area contributed by atoms with Crippen LogP contribution in [-0.4, -0.2) is 13.3 Å². The predicted molar refractivity (Wildman–Crippen MR) is 120 cm³/mol.